The Balaban J connectivity index is 1.71. The van der Waals surface area contributed by atoms with Crippen LogP contribution < -0.4 is 4.90 Å². The van der Waals surface area contributed by atoms with Crippen LogP contribution in [0.25, 0.3) is 0 Å². The lowest BCUT2D eigenvalue weighted by Gasteiger charge is -2.28. The van der Waals surface area contributed by atoms with Crippen molar-refractivity contribution < 1.29 is 37.1 Å². The number of methoxy groups -OCH3 is 1. The van der Waals surface area contributed by atoms with Crippen molar-refractivity contribution in [3.05, 3.63) is 99.1 Å². The lowest BCUT2D eigenvalue weighted by atomic mass is 9.96. The SMILES string of the molecule is COC(=O)c1ccc(C(=O)c2cc(Cl)ccc2CN2C(=O)N(c3ccc(C#N)c(C(F)(F)F)c3)C(=O)C2(C)C)cc1. The fourth-order valence-electron chi connectivity index (χ4n) is 4.43. The summed E-state index contributed by atoms with van der Waals surface area (Å²) >= 11 is 6.17. The smallest absolute Gasteiger partial charge is 0.417 e. The number of hydrogen-bond donors (Lipinski definition) is 0. The van der Waals surface area contributed by atoms with Crippen molar-refractivity contribution in [2.45, 2.75) is 32.1 Å². The van der Waals surface area contributed by atoms with E-state index >= 15 is 0 Å². The largest absolute Gasteiger partial charge is 0.465 e. The minimum Gasteiger partial charge on any atom is -0.465 e. The van der Waals surface area contributed by atoms with Gasteiger partial charge in [-0.25, -0.2) is 14.5 Å². The van der Waals surface area contributed by atoms with E-state index in [-0.39, 0.29) is 33.9 Å². The third-order valence-electron chi connectivity index (χ3n) is 6.72. The van der Waals surface area contributed by atoms with Crippen molar-refractivity contribution in [1.82, 2.24) is 4.90 Å². The molecule has 8 nitrogen and oxygen atoms in total. The van der Waals surface area contributed by atoms with Crippen LogP contribution in [0.3, 0.4) is 0 Å². The van der Waals surface area contributed by atoms with Crippen molar-refractivity contribution in [3.63, 3.8) is 0 Å². The summed E-state index contributed by atoms with van der Waals surface area (Å²) in [6.45, 7) is 2.62. The third-order valence-corrected chi connectivity index (χ3v) is 6.96. The van der Waals surface area contributed by atoms with Crippen LogP contribution in [-0.4, -0.2) is 41.2 Å². The van der Waals surface area contributed by atoms with Gasteiger partial charge in [-0.15, -0.1) is 0 Å². The van der Waals surface area contributed by atoms with E-state index in [4.69, 9.17) is 16.9 Å². The van der Waals surface area contributed by atoms with Gasteiger partial charge in [0.25, 0.3) is 5.91 Å². The van der Waals surface area contributed by atoms with Crippen molar-refractivity contribution >= 4 is 41.0 Å². The number of urea groups is 1. The van der Waals surface area contributed by atoms with E-state index < -0.39 is 46.5 Å². The number of ketones is 1. The highest BCUT2D eigenvalue weighted by Gasteiger charge is 2.52. The topological polar surface area (TPSA) is 108 Å². The fourth-order valence-corrected chi connectivity index (χ4v) is 4.60. The number of carbonyl (C=O) groups is 4. The van der Waals surface area contributed by atoms with Crippen LogP contribution in [-0.2, 0) is 22.3 Å². The summed E-state index contributed by atoms with van der Waals surface area (Å²) in [4.78, 5) is 53.8. The summed E-state index contributed by atoms with van der Waals surface area (Å²) in [5, 5.41) is 9.32. The van der Waals surface area contributed by atoms with Gasteiger partial charge in [-0.05, 0) is 61.9 Å². The molecule has 1 aliphatic heterocycles. The van der Waals surface area contributed by atoms with E-state index in [0.29, 0.717) is 16.5 Å². The van der Waals surface area contributed by atoms with E-state index in [0.717, 1.165) is 17.0 Å². The monoisotopic (exact) mass is 583 g/mol. The molecule has 0 saturated carbocycles. The molecule has 4 rings (SSSR count). The van der Waals surface area contributed by atoms with Crippen LogP contribution in [0, 0.1) is 11.3 Å². The van der Waals surface area contributed by atoms with Gasteiger partial charge in [-0.2, -0.15) is 18.4 Å². The second-order valence-electron chi connectivity index (χ2n) is 9.61. The molecule has 0 atom stereocenters. The van der Waals surface area contributed by atoms with Crippen molar-refractivity contribution in [2.24, 2.45) is 0 Å². The minimum absolute atomic E-state index is 0.121. The normalized spacial score (nSPS) is 14.7. The summed E-state index contributed by atoms with van der Waals surface area (Å²) in [7, 11) is 1.23. The summed E-state index contributed by atoms with van der Waals surface area (Å²) < 4.78 is 45.4. The molecular weight excluding hydrogens is 563 g/mol. The number of benzene rings is 3. The molecule has 210 valence electrons. The van der Waals surface area contributed by atoms with Crippen molar-refractivity contribution in [2.75, 3.05) is 12.0 Å². The highest BCUT2D eigenvalue weighted by molar-refractivity contribution is 6.31. The van der Waals surface area contributed by atoms with E-state index in [1.807, 2.05) is 0 Å². The van der Waals surface area contributed by atoms with Crippen LogP contribution in [0.1, 0.15) is 56.8 Å². The van der Waals surface area contributed by atoms with Crippen LogP contribution in [0.5, 0.6) is 0 Å². The Morgan fingerprint density at radius 2 is 1.63 bits per heavy atom. The maximum absolute atomic E-state index is 13.6. The van der Waals surface area contributed by atoms with Crippen molar-refractivity contribution in [3.8, 4) is 6.07 Å². The van der Waals surface area contributed by atoms with Gasteiger partial charge in [-0.3, -0.25) is 9.59 Å². The molecule has 41 heavy (non-hydrogen) atoms. The standard InChI is InChI=1S/C29H21ClF3N3O5/c1-28(2)26(39)36(21-11-9-18(14-34)23(13-21)29(31,32)33)27(40)35(28)15-19-8-10-20(30)12-22(19)24(37)16-4-6-17(7-5-16)25(38)41-3/h4-13H,15H2,1-3H3. The third kappa shape index (κ3) is 5.38. The first-order valence-corrected chi connectivity index (χ1v) is 12.4. The molecule has 1 fully saturated rings. The number of nitriles is 1. The Hall–Kier alpha value is -4.69. The van der Waals surface area contributed by atoms with E-state index in [9.17, 15) is 32.3 Å². The van der Waals surface area contributed by atoms with Crippen LogP contribution in [0.4, 0.5) is 23.7 Å². The number of anilines is 1. The molecule has 1 aliphatic rings. The second kappa shape index (κ2) is 10.7. The molecule has 3 aromatic rings. The molecule has 3 amide bonds. The average molecular weight is 584 g/mol. The summed E-state index contributed by atoms with van der Waals surface area (Å²) in [5.74, 6) is -1.85. The molecule has 0 bridgehead atoms. The number of alkyl halides is 3. The lowest BCUT2D eigenvalue weighted by Crippen LogP contribution is -2.43. The highest BCUT2D eigenvalue weighted by Crippen LogP contribution is 2.38. The van der Waals surface area contributed by atoms with Gasteiger partial charge < -0.3 is 9.64 Å². The fraction of sp³-hybridized carbons (Fsp3) is 0.207. The zero-order valence-electron chi connectivity index (χ0n) is 21.9. The van der Waals surface area contributed by atoms with Gasteiger partial charge in [0.2, 0.25) is 0 Å². The Kier molecular flexibility index (Phi) is 7.65. The van der Waals surface area contributed by atoms with Crippen LogP contribution in [0.15, 0.2) is 60.7 Å². The predicted octanol–water partition coefficient (Wildman–Crippen LogP) is 6.00. The number of ether oxygens (including phenoxy) is 1. The zero-order chi connectivity index (χ0) is 30.3. The van der Waals surface area contributed by atoms with Gasteiger partial charge in [-0.1, -0.05) is 29.8 Å². The van der Waals surface area contributed by atoms with E-state index in [2.05, 4.69) is 4.74 Å². The molecule has 0 unspecified atom stereocenters. The maximum atomic E-state index is 13.6. The number of halogens is 4. The Bertz CT molecular complexity index is 1630. The molecule has 1 saturated heterocycles. The number of amides is 3. The number of carbonyl (C=O) groups excluding carboxylic acids is 4. The maximum Gasteiger partial charge on any atom is 0.417 e. The zero-order valence-corrected chi connectivity index (χ0v) is 22.6. The summed E-state index contributed by atoms with van der Waals surface area (Å²) in [6.07, 6.45) is -4.89. The lowest BCUT2D eigenvalue weighted by molar-refractivity contribution is -0.137. The first-order valence-electron chi connectivity index (χ1n) is 12.0. The molecule has 1 heterocycles. The van der Waals surface area contributed by atoms with E-state index in [1.165, 1.54) is 69.5 Å². The van der Waals surface area contributed by atoms with Gasteiger partial charge in [0.15, 0.2) is 5.78 Å². The van der Waals surface area contributed by atoms with Gasteiger partial charge >= 0.3 is 18.2 Å². The summed E-state index contributed by atoms with van der Waals surface area (Å²) in [6, 6.07) is 13.2. The molecule has 12 heteroatoms. The van der Waals surface area contributed by atoms with E-state index in [1.54, 1.807) is 0 Å². The Morgan fingerprint density at radius 1 is 1.00 bits per heavy atom. The first-order chi connectivity index (χ1) is 19.2. The number of hydrogen-bond acceptors (Lipinski definition) is 6. The van der Waals surface area contributed by atoms with Gasteiger partial charge in [0.05, 0.1) is 35.6 Å². The molecule has 0 N–H and O–H groups in total. The molecule has 0 aromatic heterocycles. The quantitative estimate of drug-likeness (QED) is 0.200. The van der Waals surface area contributed by atoms with Gasteiger partial charge in [0.1, 0.15) is 5.54 Å². The van der Waals surface area contributed by atoms with Crippen LogP contribution >= 0.6 is 11.6 Å². The Labute approximate surface area is 237 Å². The molecular formula is C29H21ClF3N3O5. The number of esters is 1. The van der Waals surface area contributed by atoms with Crippen LogP contribution in [0.2, 0.25) is 5.02 Å². The number of imide groups is 1. The number of nitrogens with zero attached hydrogens (tertiary/aromatic N) is 3. The molecule has 0 aliphatic carbocycles. The highest BCUT2D eigenvalue weighted by atomic mass is 35.5. The minimum atomic E-state index is -4.89. The molecule has 0 spiro atoms. The molecule has 0 radical (unpaired) electrons. The summed E-state index contributed by atoms with van der Waals surface area (Å²) in [5.41, 5.74) is -2.90. The first kappa shape index (κ1) is 29.3. The van der Waals surface area contributed by atoms with Crippen molar-refractivity contribution in [1.29, 1.82) is 5.26 Å². The predicted molar refractivity (Wildman–Crippen MR) is 141 cm³/mol. The van der Waals surface area contributed by atoms with Gasteiger partial charge in [0, 0.05) is 22.7 Å². The molecule has 3 aromatic carbocycles. The Morgan fingerprint density at radius 3 is 2.22 bits per heavy atom. The average Bonchev–Trinajstić information content (AvgIpc) is 3.11. The second-order valence-corrected chi connectivity index (χ2v) is 10.0. The number of rotatable bonds is 6.